The number of anilines is 2. The second kappa shape index (κ2) is 9.43. The summed E-state index contributed by atoms with van der Waals surface area (Å²) in [5.74, 6) is 0.824. The average Bonchev–Trinajstić information content (AvgIpc) is 2.57. The molecule has 0 bridgehead atoms. The van der Waals surface area contributed by atoms with Crippen LogP contribution in [0.25, 0.3) is 4.98 Å². The number of rotatable bonds is 4. The highest BCUT2D eigenvalue weighted by Crippen LogP contribution is 2.21. The lowest BCUT2D eigenvalue weighted by Crippen LogP contribution is -2.06. The molecule has 0 heterocycles. The van der Waals surface area contributed by atoms with Crippen LogP contribution in [0.5, 0.6) is 5.75 Å². The molecule has 0 saturated carbocycles. The van der Waals surface area contributed by atoms with Crippen molar-refractivity contribution < 1.29 is 23.1 Å². The van der Waals surface area contributed by atoms with Crippen LogP contribution in [-0.2, 0) is 15.7 Å². The van der Waals surface area contributed by atoms with Crippen molar-refractivity contribution in [3.8, 4) is 5.75 Å². The highest BCUT2D eigenvalue weighted by molar-refractivity contribution is 7.73. The number of benzene rings is 2. The van der Waals surface area contributed by atoms with Crippen LogP contribution in [0.4, 0.5) is 17.1 Å². The highest BCUT2D eigenvalue weighted by atomic mass is 32.2. The van der Waals surface area contributed by atoms with Gasteiger partial charge in [0.05, 0.1) is 18.5 Å². The van der Waals surface area contributed by atoms with Gasteiger partial charge in [-0.1, -0.05) is 0 Å². The largest absolute Gasteiger partial charge is 0.750 e. The van der Waals surface area contributed by atoms with Crippen molar-refractivity contribution in [2.45, 2.75) is 0 Å². The molecule has 116 valence electrons. The van der Waals surface area contributed by atoms with Gasteiger partial charge in [-0.05, 0) is 36.4 Å². The molecule has 22 heavy (non-hydrogen) atoms. The summed E-state index contributed by atoms with van der Waals surface area (Å²) in [5.41, 5.74) is 2.44. The highest BCUT2D eigenvalue weighted by Gasteiger charge is 2.02. The lowest BCUT2D eigenvalue weighted by molar-refractivity contribution is -0.635. The van der Waals surface area contributed by atoms with E-state index in [0.717, 1.165) is 17.1 Å². The van der Waals surface area contributed by atoms with Gasteiger partial charge in [0.25, 0.3) is 0 Å². The van der Waals surface area contributed by atoms with Crippen LogP contribution in [0.2, 0.25) is 0 Å². The summed E-state index contributed by atoms with van der Waals surface area (Å²) < 4.78 is 25.2. The summed E-state index contributed by atoms with van der Waals surface area (Å²) in [4.78, 5) is 3.10. The van der Waals surface area contributed by atoms with E-state index in [4.69, 9.17) is 24.1 Å². The van der Waals surface area contributed by atoms with E-state index in [2.05, 4.69) is 14.6 Å². The minimum absolute atomic E-state index is 0.533. The molecule has 8 nitrogen and oxygen atoms in total. The van der Waals surface area contributed by atoms with Crippen molar-refractivity contribution in [3.05, 3.63) is 53.5 Å². The monoisotopic (exact) mass is 322 g/mol. The SMILES string of the molecule is COc1ccc(Nc2ccc([N+]#N)cc2)cc1.O=S([O-])O[O-]. The zero-order valence-electron chi connectivity index (χ0n) is 11.5. The van der Waals surface area contributed by atoms with Crippen LogP contribution in [0.15, 0.2) is 48.5 Å². The van der Waals surface area contributed by atoms with Gasteiger partial charge >= 0.3 is 5.69 Å². The molecule has 2 aromatic carbocycles. The van der Waals surface area contributed by atoms with E-state index in [-0.39, 0.29) is 0 Å². The quantitative estimate of drug-likeness (QED) is 0.395. The maximum Gasteiger partial charge on any atom is 0.385 e. The molecule has 0 fully saturated rings. The minimum atomic E-state index is -2.88. The average molecular weight is 322 g/mol. The molecule has 0 saturated heterocycles. The molecule has 2 rings (SSSR count). The van der Waals surface area contributed by atoms with Gasteiger partial charge in [-0.25, -0.2) is 4.21 Å². The van der Waals surface area contributed by atoms with E-state index in [1.54, 1.807) is 19.2 Å². The van der Waals surface area contributed by atoms with Crippen molar-refractivity contribution in [2.24, 2.45) is 0 Å². The van der Waals surface area contributed by atoms with E-state index in [9.17, 15) is 0 Å². The van der Waals surface area contributed by atoms with Gasteiger partial charge in [-0.2, -0.15) is 0 Å². The Hall–Kier alpha value is -2.51. The molecule has 2 aromatic rings. The van der Waals surface area contributed by atoms with Crippen LogP contribution < -0.4 is 15.3 Å². The fourth-order valence-electron chi connectivity index (χ4n) is 1.45. The third-order valence-electron chi connectivity index (χ3n) is 2.42. The zero-order valence-corrected chi connectivity index (χ0v) is 12.3. The minimum Gasteiger partial charge on any atom is -0.750 e. The first-order valence-corrected chi connectivity index (χ1v) is 6.85. The van der Waals surface area contributed by atoms with Crippen LogP contribution in [0, 0.1) is 5.39 Å². The number of nitrogens with zero attached hydrogens (tertiary/aromatic N) is 2. The summed E-state index contributed by atoms with van der Waals surface area (Å²) in [6.45, 7) is 0. The van der Waals surface area contributed by atoms with E-state index in [1.165, 1.54) is 0 Å². The van der Waals surface area contributed by atoms with E-state index in [0.29, 0.717) is 5.69 Å². The van der Waals surface area contributed by atoms with Crippen LogP contribution >= 0.6 is 0 Å². The summed E-state index contributed by atoms with van der Waals surface area (Å²) in [6.07, 6.45) is 0. The number of nitrogens with one attached hydrogen (secondary N) is 1. The Morgan fingerprint density at radius 1 is 1.09 bits per heavy atom. The Morgan fingerprint density at radius 2 is 1.55 bits per heavy atom. The second-order valence-electron chi connectivity index (χ2n) is 3.77. The molecule has 0 aromatic heterocycles. The predicted molar refractivity (Wildman–Crippen MR) is 77.5 cm³/mol. The molecule has 9 heteroatoms. The zero-order chi connectivity index (χ0) is 16.4. The lowest BCUT2D eigenvalue weighted by atomic mass is 10.2. The van der Waals surface area contributed by atoms with Gasteiger partial charge < -0.3 is 24.2 Å². The van der Waals surface area contributed by atoms with Crippen molar-refractivity contribution in [1.29, 1.82) is 5.39 Å². The molecular weight excluding hydrogens is 310 g/mol. The van der Waals surface area contributed by atoms with Crippen LogP contribution in [0.3, 0.4) is 0 Å². The fraction of sp³-hybridized carbons (Fsp3) is 0.0769. The van der Waals surface area contributed by atoms with Gasteiger partial charge in [-0.3, -0.25) is 0 Å². The van der Waals surface area contributed by atoms with Gasteiger partial charge in [0.15, 0.2) is 4.98 Å². The molecule has 0 aliphatic carbocycles. The topological polar surface area (TPSA) is 122 Å². The van der Waals surface area contributed by atoms with Crippen molar-refractivity contribution in [3.63, 3.8) is 0 Å². The first-order chi connectivity index (χ1) is 10.6. The number of diazo groups is 1. The summed E-state index contributed by atoms with van der Waals surface area (Å²) in [5, 5.41) is 20.3. The molecule has 0 aliphatic heterocycles. The number of hydrogen-bond acceptors (Lipinski definition) is 7. The number of ether oxygens (including phenoxy) is 1. The molecule has 1 N–H and O–H groups in total. The number of methoxy groups -OCH3 is 1. The molecule has 1 atom stereocenters. The van der Waals surface area contributed by atoms with E-state index >= 15 is 0 Å². The Morgan fingerprint density at radius 3 is 1.91 bits per heavy atom. The lowest BCUT2D eigenvalue weighted by Gasteiger charge is -2.06. The molecule has 0 amide bonds. The van der Waals surface area contributed by atoms with Crippen molar-refractivity contribution in [1.82, 2.24) is 0 Å². The Balaban J connectivity index is 0.000000422. The summed E-state index contributed by atoms with van der Waals surface area (Å²) in [6, 6.07) is 14.8. The van der Waals surface area contributed by atoms with Crippen molar-refractivity contribution >= 4 is 28.4 Å². The Kier molecular flexibility index (Phi) is 7.52. The maximum atomic E-state index is 8.83. The molecule has 0 radical (unpaired) electrons. The maximum absolute atomic E-state index is 8.83. The third-order valence-corrected chi connectivity index (χ3v) is 2.53. The Bertz CT molecular complexity index is 640. The third kappa shape index (κ3) is 6.29. The van der Waals surface area contributed by atoms with Crippen LogP contribution in [0.1, 0.15) is 0 Å². The van der Waals surface area contributed by atoms with E-state index < -0.39 is 11.4 Å². The van der Waals surface area contributed by atoms with Crippen LogP contribution in [-0.4, -0.2) is 15.9 Å². The summed E-state index contributed by atoms with van der Waals surface area (Å²) >= 11 is -2.88. The van der Waals surface area contributed by atoms with Crippen molar-refractivity contribution in [2.75, 3.05) is 12.4 Å². The fourth-order valence-corrected chi connectivity index (χ4v) is 1.45. The second-order valence-corrected chi connectivity index (χ2v) is 4.32. The molecule has 0 aliphatic rings. The van der Waals surface area contributed by atoms with E-state index in [1.807, 2.05) is 36.4 Å². The Labute approximate surface area is 129 Å². The van der Waals surface area contributed by atoms with Gasteiger partial charge in [0.1, 0.15) is 5.75 Å². The van der Waals surface area contributed by atoms with Gasteiger partial charge in [0, 0.05) is 23.5 Å². The van der Waals surface area contributed by atoms with Gasteiger partial charge in [-0.15, -0.1) is 0 Å². The first-order valence-electron chi connectivity index (χ1n) is 5.85. The normalized spacial score (nSPS) is 10.6. The molecule has 1 unspecified atom stereocenters. The molecular formula is C13H12N3O5S-. The smallest absolute Gasteiger partial charge is 0.385 e. The molecule has 0 spiro atoms. The number of hydrogen-bond donors (Lipinski definition) is 1. The standard InChI is InChI=1S/C13H12N3O.H2O4S/c1-17-13-8-6-11(7-9-13)15-10-2-4-12(16-14)5-3-10;1-4-5(2)3/h2-9,15H,1H3;1H,(H,2,3)/q+1;/p-2. The van der Waals surface area contributed by atoms with Gasteiger partial charge in [0.2, 0.25) is 5.39 Å². The first kappa shape index (κ1) is 17.5. The summed E-state index contributed by atoms with van der Waals surface area (Å²) in [7, 11) is 1.64. The predicted octanol–water partition coefficient (Wildman–Crippen LogP) is 2.00.